The van der Waals surface area contributed by atoms with Gasteiger partial charge in [0.05, 0.1) is 24.2 Å². The van der Waals surface area contributed by atoms with Gasteiger partial charge in [-0.3, -0.25) is 4.79 Å². The first kappa shape index (κ1) is 13.0. The van der Waals surface area contributed by atoms with Gasteiger partial charge in [-0.2, -0.15) is 0 Å². The Kier molecular flexibility index (Phi) is 4.21. The van der Waals surface area contributed by atoms with E-state index in [0.29, 0.717) is 18.8 Å². The van der Waals surface area contributed by atoms with E-state index >= 15 is 0 Å². The Morgan fingerprint density at radius 2 is 2.12 bits per heavy atom. The van der Waals surface area contributed by atoms with Gasteiger partial charge in [0, 0.05) is 13.0 Å². The lowest BCUT2D eigenvalue weighted by Crippen LogP contribution is -2.55. The third kappa shape index (κ3) is 2.41. The van der Waals surface area contributed by atoms with E-state index < -0.39 is 0 Å². The molecule has 2 unspecified atom stereocenters. The van der Waals surface area contributed by atoms with Gasteiger partial charge in [-0.15, -0.1) is 0 Å². The molecule has 17 heavy (non-hydrogen) atoms. The van der Waals surface area contributed by atoms with Crippen LogP contribution in [-0.2, 0) is 14.3 Å². The highest BCUT2D eigenvalue weighted by molar-refractivity contribution is 5.92. The summed E-state index contributed by atoms with van der Waals surface area (Å²) in [6.07, 6.45) is 6.31. The molecule has 2 atom stereocenters. The number of rotatable bonds is 5. The zero-order chi connectivity index (χ0) is 12.3. The predicted octanol–water partition coefficient (Wildman–Crippen LogP) is 2.72. The number of ether oxygens (including phenoxy) is 2. The van der Waals surface area contributed by atoms with Crippen molar-refractivity contribution < 1.29 is 14.3 Å². The summed E-state index contributed by atoms with van der Waals surface area (Å²) in [4.78, 5) is 11.8. The van der Waals surface area contributed by atoms with E-state index in [1.54, 1.807) is 0 Å². The molecule has 2 fully saturated rings. The highest BCUT2D eigenvalue weighted by Gasteiger charge is 2.52. The fourth-order valence-electron chi connectivity index (χ4n) is 3.10. The summed E-state index contributed by atoms with van der Waals surface area (Å²) in [7, 11) is 0. The van der Waals surface area contributed by atoms with Crippen molar-refractivity contribution >= 4 is 5.78 Å². The van der Waals surface area contributed by atoms with Gasteiger partial charge in [-0.05, 0) is 32.1 Å². The molecule has 1 saturated heterocycles. The van der Waals surface area contributed by atoms with E-state index in [-0.39, 0.29) is 17.6 Å². The van der Waals surface area contributed by atoms with Gasteiger partial charge in [0.25, 0.3) is 0 Å². The topological polar surface area (TPSA) is 35.5 Å². The second kappa shape index (κ2) is 5.49. The maximum absolute atomic E-state index is 11.8. The Hall–Kier alpha value is -0.410. The number of carbonyl (C=O) groups excluding carboxylic acids is 1. The van der Waals surface area contributed by atoms with E-state index in [9.17, 15) is 4.79 Å². The Morgan fingerprint density at radius 3 is 2.65 bits per heavy atom. The molecule has 0 aromatic rings. The normalized spacial score (nSPS) is 32.2. The van der Waals surface area contributed by atoms with Gasteiger partial charge in [0.15, 0.2) is 0 Å². The fourth-order valence-corrected chi connectivity index (χ4v) is 3.10. The Morgan fingerprint density at radius 1 is 1.35 bits per heavy atom. The van der Waals surface area contributed by atoms with Crippen LogP contribution in [0.1, 0.15) is 52.4 Å². The van der Waals surface area contributed by atoms with Crippen LogP contribution in [0.4, 0.5) is 0 Å². The zero-order valence-corrected chi connectivity index (χ0v) is 11.0. The van der Waals surface area contributed by atoms with Crippen LogP contribution in [0.15, 0.2) is 0 Å². The minimum Gasteiger partial charge on any atom is -0.376 e. The number of hydrogen-bond acceptors (Lipinski definition) is 3. The van der Waals surface area contributed by atoms with Gasteiger partial charge in [0.1, 0.15) is 5.78 Å². The molecule has 1 heterocycles. The summed E-state index contributed by atoms with van der Waals surface area (Å²) in [5.41, 5.74) is -0.186. The first-order valence-corrected chi connectivity index (χ1v) is 6.99. The van der Waals surface area contributed by atoms with Crippen LogP contribution in [0.5, 0.6) is 0 Å². The number of Topliss-reactive ketones (excluding diaryl/α,β-unsaturated/α-hetero) is 1. The van der Waals surface area contributed by atoms with Crippen molar-refractivity contribution in [2.45, 2.75) is 64.6 Å². The first-order chi connectivity index (χ1) is 8.23. The molecule has 2 aliphatic rings. The van der Waals surface area contributed by atoms with Crippen LogP contribution in [0.25, 0.3) is 0 Å². The number of hydrogen-bond donors (Lipinski definition) is 0. The molecular weight excluding hydrogens is 216 g/mol. The second-order valence-corrected chi connectivity index (χ2v) is 5.30. The van der Waals surface area contributed by atoms with Crippen LogP contribution in [0, 0.1) is 5.41 Å². The van der Waals surface area contributed by atoms with Crippen molar-refractivity contribution in [1.29, 1.82) is 0 Å². The van der Waals surface area contributed by atoms with Crippen molar-refractivity contribution in [3.63, 3.8) is 0 Å². The first-order valence-electron chi connectivity index (χ1n) is 6.99. The lowest BCUT2D eigenvalue weighted by atomic mass is 9.61. The molecular formula is C14H24O3. The molecule has 0 N–H and O–H groups in total. The van der Waals surface area contributed by atoms with Gasteiger partial charge in [-0.25, -0.2) is 0 Å². The van der Waals surface area contributed by atoms with Crippen LogP contribution in [0.2, 0.25) is 0 Å². The quantitative estimate of drug-likeness (QED) is 0.741. The van der Waals surface area contributed by atoms with Crippen LogP contribution >= 0.6 is 0 Å². The molecule has 0 spiro atoms. The number of ketones is 1. The van der Waals surface area contributed by atoms with E-state index in [4.69, 9.17) is 9.47 Å². The van der Waals surface area contributed by atoms with Crippen LogP contribution in [0.3, 0.4) is 0 Å². The summed E-state index contributed by atoms with van der Waals surface area (Å²) < 4.78 is 11.6. The van der Waals surface area contributed by atoms with Crippen LogP contribution in [-0.4, -0.2) is 31.2 Å². The smallest absolute Gasteiger partial charge is 0.144 e. The van der Waals surface area contributed by atoms with E-state index in [2.05, 4.69) is 13.8 Å². The maximum atomic E-state index is 11.8. The van der Waals surface area contributed by atoms with E-state index in [1.807, 2.05) is 0 Å². The monoisotopic (exact) mass is 240 g/mol. The molecule has 0 aromatic carbocycles. The van der Waals surface area contributed by atoms with E-state index in [1.165, 1.54) is 12.8 Å². The highest BCUT2D eigenvalue weighted by Crippen LogP contribution is 2.45. The molecule has 1 saturated carbocycles. The molecule has 0 aromatic heterocycles. The largest absolute Gasteiger partial charge is 0.376 e. The molecule has 3 nitrogen and oxygen atoms in total. The SMILES string of the molecule is CCC1(CC)C(=O)CC1OCC1CCCCO1. The van der Waals surface area contributed by atoms with Crippen LogP contribution < -0.4 is 0 Å². The standard InChI is InChI=1S/C14H24O3/c1-3-14(4-2)12(15)9-13(14)17-10-11-7-5-6-8-16-11/h11,13H,3-10H2,1-2H3. The van der Waals surface area contributed by atoms with Gasteiger partial charge < -0.3 is 9.47 Å². The molecule has 1 aliphatic heterocycles. The summed E-state index contributed by atoms with van der Waals surface area (Å²) >= 11 is 0. The zero-order valence-electron chi connectivity index (χ0n) is 11.0. The van der Waals surface area contributed by atoms with Gasteiger partial charge in [0.2, 0.25) is 0 Å². The van der Waals surface area contributed by atoms with Crippen molar-refractivity contribution in [2.75, 3.05) is 13.2 Å². The van der Waals surface area contributed by atoms with Crippen molar-refractivity contribution in [1.82, 2.24) is 0 Å². The third-order valence-electron chi connectivity index (χ3n) is 4.56. The predicted molar refractivity (Wildman–Crippen MR) is 66.0 cm³/mol. The molecule has 1 aliphatic carbocycles. The Balaban J connectivity index is 1.81. The molecule has 0 amide bonds. The average molecular weight is 240 g/mol. The molecule has 2 rings (SSSR count). The third-order valence-corrected chi connectivity index (χ3v) is 4.56. The average Bonchev–Trinajstić information content (AvgIpc) is 2.37. The van der Waals surface area contributed by atoms with Gasteiger partial charge in [-0.1, -0.05) is 13.8 Å². The second-order valence-electron chi connectivity index (χ2n) is 5.30. The maximum Gasteiger partial charge on any atom is 0.144 e. The summed E-state index contributed by atoms with van der Waals surface area (Å²) in [5, 5.41) is 0. The van der Waals surface area contributed by atoms with Gasteiger partial charge >= 0.3 is 0 Å². The Bertz CT molecular complexity index is 265. The Labute approximate surface area is 104 Å². The molecule has 0 bridgehead atoms. The van der Waals surface area contributed by atoms with E-state index in [0.717, 1.165) is 25.9 Å². The molecule has 0 radical (unpaired) electrons. The summed E-state index contributed by atoms with van der Waals surface area (Å²) in [5.74, 6) is 0.386. The van der Waals surface area contributed by atoms with Crippen molar-refractivity contribution in [3.8, 4) is 0 Å². The summed E-state index contributed by atoms with van der Waals surface area (Å²) in [6, 6.07) is 0. The lowest BCUT2D eigenvalue weighted by molar-refractivity contribution is -0.172. The molecule has 98 valence electrons. The fraction of sp³-hybridized carbons (Fsp3) is 0.929. The molecule has 3 heteroatoms. The minimum absolute atomic E-state index is 0.135. The highest BCUT2D eigenvalue weighted by atomic mass is 16.5. The van der Waals surface area contributed by atoms with Crippen molar-refractivity contribution in [3.05, 3.63) is 0 Å². The summed E-state index contributed by atoms with van der Waals surface area (Å²) in [6.45, 7) is 5.71. The lowest BCUT2D eigenvalue weighted by Gasteiger charge is -2.47. The minimum atomic E-state index is -0.186. The number of carbonyl (C=O) groups is 1. The van der Waals surface area contributed by atoms with Crippen molar-refractivity contribution in [2.24, 2.45) is 5.41 Å².